The Morgan fingerprint density at radius 3 is 2.38 bits per heavy atom. The molecular formula is C5H14Al2O. The maximum atomic E-state index is 5.34. The summed E-state index contributed by atoms with van der Waals surface area (Å²) >= 11 is 1.23. The van der Waals surface area contributed by atoms with Crippen molar-refractivity contribution in [3.63, 3.8) is 0 Å². The Hall–Kier alpha value is 1.02. The average molecular weight is 144 g/mol. The highest BCUT2D eigenvalue weighted by molar-refractivity contribution is 6.10. The summed E-state index contributed by atoms with van der Waals surface area (Å²) in [4.78, 5) is 0.675. The standard InChI is InChI=1S/C5H9O.2Al.5H/c1-2-4-6-5-3-1;;;;;;;/h4H,1-3,5H2;;;;;;;. The summed E-state index contributed by atoms with van der Waals surface area (Å²) in [6, 6.07) is 0. The summed E-state index contributed by atoms with van der Waals surface area (Å²) in [5.41, 5.74) is 0. The predicted molar refractivity (Wildman–Crippen MR) is 42.1 cm³/mol. The number of ether oxygens (including phenoxy) is 1. The minimum absolute atomic E-state index is 0. The number of rotatable bonds is 0. The monoisotopic (exact) mass is 144 g/mol. The van der Waals surface area contributed by atoms with Crippen LogP contribution in [0.2, 0.25) is 0 Å². The van der Waals surface area contributed by atoms with Gasteiger partial charge in [0.15, 0.2) is 17.4 Å². The van der Waals surface area contributed by atoms with Crippen molar-refractivity contribution in [3.05, 3.63) is 0 Å². The molecule has 46 valence electrons. The van der Waals surface area contributed by atoms with Crippen LogP contribution in [-0.2, 0) is 4.74 Å². The van der Waals surface area contributed by atoms with Gasteiger partial charge in [-0.05, 0) is 24.2 Å². The van der Waals surface area contributed by atoms with Gasteiger partial charge in [0.1, 0.15) is 0 Å². The maximum absolute atomic E-state index is 5.34. The normalized spacial score (nSPS) is 28.8. The van der Waals surface area contributed by atoms with Gasteiger partial charge in [0.2, 0.25) is 0 Å². The van der Waals surface area contributed by atoms with Gasteiger partial charge in [0.25, 0.3) is 16.3 Å². The molecule has 3 heteroatoms. The van der Waals surface area contributed by atoms with Crippen LogP contribution in [0.15, 0.2) is 0 Å². The molecule has 1 rings (SSSR count). The highest BCUT2D eigenvalue weighted by Gasteiger charge is 2.05. The van der Waals surface area contributed by atoms with E-state index in [2.05, 4.69) is 0 Å². The Morgan fingerprint density at radius 1 is 1.38 bits per heavy atom. The van der Waals surface area contributed by atoms with Crippen molar-refractivity contribution in [2.24, 2.45) is 0 Å². The summed E-state index contributed by atoms with van der Waals surface area (Å²) in [6.07, 6.45) is 4.01. The molecule has 0 spiro atoms. The molecule has 0 aromatic rings. The van der Waals surface area contributed by atoms with E-state index in [1.54, 1.807) is 0 Å². The zero-order valence-electron chi connectivity index (χ0n) is 4.81. The van der Waals surface area contributed by atoms with Crippen molar-refractivity contribution < 1.29 is 4.74 Å². The molecule has 0 amide bonds. The van der Waals surface area contributed by atoms with Crippen LogP contribution in [0.5, 0.6) is 0 Å². The van der Waals surface area contributed by atoms with Crippen LogP contribution in [0.4, 0.5) is 0 Å². The van der Waals surface area contributed by atoms with Gasteiger partial charge in [-0.1, -0.05) is 0 Å². The van der Waals surface area contributed by atoms with E-state index in [9.17, 15) is 0 Å². The molecular weight excluding hydrogens is 130 g/mol. The van der Waals surface area contributed by atoms with Gasteiger partial charge in [-0.3, -0.25) is 0 Å². The van der Waals surface area contributed by atoms with Gasteiger partial charge in [-0.25, -0.2) is 0 Å². The first-order valence-corrected chi connectivity index (χ1v) is 4.16. The van der Waals surface area contributed by atoms with Crippen molar-refractivity contribution in [1.29, 1.82) is 0 Å². The molecule has 0 aromatic heterocycles. The number of hydrogen-bond donors (Lipinski definition) is 0. The average Bonchev–Trinajstić information content (AvgIpc) is 1.69. The molecule has 1 fully saturated rings. The van der Waals surface area contributed by atoms with E-state index < -0.39 is 0 Å². The quantitative estimate of drug-likeness (QED) is 0.395. The second-order valence-corrected chi connectivity index (χ2v) is 3.47. The molecule has 8 heavy (non-hydrogen) atoms. The second-order valence-electron chi connectivity index (χ2n) is 2.18. The summed E-state index contributed by atoms with van der Waals surface area (Å²) in [5, 5.41) is 0. The van der Waals surface area contributed by atoms with Gasteiger partial charge >= 0.3 is 0 Å². The largest absolute Gasteiger partial charge is 0.394 e. The summed E-state index contributed by atoms with van der Waals surface area (Å²) in [5.74, 6) is 0. The maximum Gasteiger partial charge on any atom is 0.258 e. The van der Waals surface area contributed by atoms with Crippen LogP contribution in [0.25, 0.3) is 0 Å². The smallest absolute Gasteiger partial charge is 0.258 e. The third kappa shape index (κ3) is 3.13. The van der Waals surface area contributed by atoms with Crippen molar-refractivity contribution in [2.45, 2.75) is 24.2 Å². The van der Waals surface area contributed by atoms with Crippen LogP contribution in [0.3, 0.4) is 0 Å². The Bertz CT molecular complexity index is 52.4. The first kappa shape index (κ1) is 9.02. The molecule has 1 aliphatic heterocycles. The zero-order chi connectivity index (χ0) is 5.11. The van der Waals surface area contributed by atoms with Gasteiger partial charge < -0.3 is 4.74 Å². The van der Waals surface area contributed by atoms with Crippen molar-refractivity contribution >= 4 is 33.7 Å². The minimum atomic E-state index is 0. The molecule has 1 unspecified atom stereocenters. The van der Waals surface area contributed by atoms with Crippen LogP contribution < -0.4 is 0 Å². The molecule has 0 bridgehead atoms. The van der Waals surface area contributed by atoms with E-state index in [0.29, 0.717) is 4.97 Å². The Kier molecular flexibility index (Phi) is 5.49. The molecule has 0 radical (unpaired) electrons. The third-order valence-corrected chi connectivity index (χ3v) is 2.32. The molecule has 1 aliphatic rings. The molecule has 0 aromatic carbocycles. The topological polar surface area (TPSA) is 9.23 Å². The highest BCUT2D eigenvalue weighted by Crippen LogP contribution is 2.08. The summed E-state index contributed by atoms with van der Waals surface area (Å²) in [7, 11) is 0. The fraction of sp³-hybridized carbons (Fsp3) is 1.00. The van der Waals surface area contributed by atoms with Crippen LogP contribution in [0.1, 0.15) is 19.3 Å². The molecule has 1 heterocycles. The SMILES string of the molecule is [AlH2][CH]1CCCCO1.[AlH3]. The molecule has 1 atom stereocenters. The highest BCUT2D eigenvalue weighted by atomic mass is 27.0. The van der Waals surface area contributed by atoms with Crippen LogP contribution in [-0.4, -0.2) is 45.2 Å². The first-order valence-electron chi connectivity index (χ1n) is 3.01. The first-order chi connectivity index (χ1) is 3.39. The minimum Gasteiger partial charge on any atom is -0.394 e. The lowest BCUT2D eigenvalue weighted by atomic mass is 10.2. The fourth-order valence-corrected chi connectivity index (χ4v) is 1.55. The van der Waals surface area contributed by atoms with Crippen molar-refractivity contribution in [1.82, 2.24) is 0 Å². The van der Waals surface area contributed by atoms with E-state index >= 15 is 0 Å². The second kappa shape index (κ2) is 4.86. The van der Waals surface area contributed by atoms with E-state index in [4.69, 9.17) is 4.74 Å². The van der Waals surface area contributed by atoms with Gasteiger partial charge in [0, 0.05) is 6.61 Å². The molecule has 1 nitrogen and oxygen atoms in total. The van der Waals surface area contributed by atoms with Gasteiger partial charge in [-0.2, -0.15) is 0 Å². The molecule has 1 saturated heterocycles. The van der Waals surface area contributed by atoms with E-state index in [1.165, 1.54) is 35.6 Å². The lowest BCUT2D eigenvalue weighted by Crippen LogP contribution is -2.18. The lowest BCUT2D eigenvalue weighted by Gasteiger charge is -2.17. The zero-order valence-corrected chi connectivity index (χ0v) is 6.81. The van der Waals surface area contributed by atoms with Crippen molar-refractivity contribution in [3.8, 4) is 0 Å². The Morgan fingerprint density at radius 2 is 2.12 bits per heavy atom. The van der Waals surface area contributed by atoms with Gasteiger partial charge in [-0.15, -0.1) is 0 Å². The van der Waals surface area contributed by atoms with E-state index in [0.717, 1.165) is 6.61 Å². The third-order valence-electron chi connectivity index (χ3n) is 1.41. The van der Waals surface area contributed by atoms with E-state index in [-0.39, 0.29) is 17.4 Å². The van der Waals surface area contributed by atoms with Crippen LogP contribution in [0, 0.1) is 0 Å². The van der Waals surface area contributed by atoms with E-state index in [1.807, 2.05) is 0 Å². The van der Waals surface area contributed by atoms with Crippen molar-refractivity contribution in [2.75, 3.05) is 6.61 Å². The fourth-order valence-electron chi connectivity index (χ4n) is 0.902. The lowest BCUT2D eigenvalue weighted by molar-refractivity contribution is 0.0675. The van der Waals surface area contributed by atoms with Crippen LogP contribution >= 0.6 is 0 Å². The number of hydrogen-bond acceptors (Lipinski definition) is 1. The summed E-state index contributed by atoms with van der Waals surface area (Å²) in [6.45, 7) is 1.02. The molecule has 0 saturated carbocycles. The summed E-state index contributed by atoms with van der Waals surface area (Å²) < 4.78 is 5.34. The molecule has 0 aliphatic carbocycles. The molecule has 0 N–H and O–H groups in total. The Labute approximate surface area is 69.3 Å². The Balaban J connectivity index is 0.000000490. The van der Waals surface area contributed by atoms with Gasteiger partial charge in [0.05, 0.1) is 0 Å². The predicted octanol–water partition coefficient (Wildman–Crippen LogP) is -1.04.